The number of carboxylic acids is 1. The lowest BCUT2D eigenvalue weighted by Gasteiger charge is -2.11. The molecule has 2 aromatic carbocycles. The number of hydrogen-bond acceptors (Lipinski definition) is 4. The zero-order chi connectivity index (χ0) is 18.9. The molecule has 0 bridgehead atoms. The molecule has 0 unspecified atom stereocenters. The standard InChI is InChI=1S/C19H18N2O5/c22-15-8-6-13(7-9-15)12-16(19(26)20-11-10-17(23)24)21-18(25)14-4-2-1-3-5-14/h1-9,12,22H,10-11H2,(H,20,26)(H,21,25)(H,23,24). The molecule has 0 atom stereocenters. The van der Waals surface area contributed by atoms with Crippen LogP contribution in [0.2, 0.25) is 0 Å². The zero-order valence-electron chi connectivity index (χ0n) is 13.8. The summed E-state index contributed by atoms with van der Waals surface area (Å²) in [7, 11) is 0. The number of hydrogen-bond donors (Lipinski definition) is 4. The second-order valence-corrected chi connectivity index (χ2v) is 5.37. The lowest BCUT2D eigenvalue weighted by atomic mass is 10.1. The van der Waals surface area contributed by atoms with Gasteiger partial charge in [0.1, 0.15) is 11.4 Å². The van der Waals surface area contributed by atoms with Crippen LogP contribution >= 0.6 is 0 Å². The first kappa shape index (κ1) is 18.7. The van der Waals surface area contributed by atoms with Crippen molar-refractivity contribution in [2.75, 3.05) is 6.54 Å². The molecule has 0 saturated heterocycles. The van der Waals surface area contributed by atoms with E-state index in [9.17, 15) is 19.5 Å². The summed E-state index contributed by atoms with van der Waals surface area (Å²) in [6.07, 6.45) is 1.21. The fourth-order valence-corrected chi connectivity index (χ4v) is 2.06. The number of phenols is 1. The van der Waals surface area contributed by atoms with Crippen molar-refractivity contribution >= 4 is 23.9 Å². The summed E-state index contributed by atoms with van der Waals surface area (Å²) in [5.74, 6) is -2.04. The first-order valence-corrected chi connectivity index (χ1v) is 7.83. The SMILES string of the molecule is O=C(O)CCNC(=O)C(=Cc1ccc(O)cc1)NC(=O)c1ccccc1. The van der Waals surface area contributed by atoms with E-state index in [-0.39, 0.29) is 24.4 Å². The molecule has 2 amide bonds. The number of benzene rings is 2. The van der Waals surface area contributed by atoms with E-state index in [1.807, 2.05) is 0 Å². The van der Waals surface area contributed by atoms with Crippen LogP contribution in [0.4, 0.5) is 0 Å². The molecule has 0 radical (unpaired) electrons. The van der Waals surface area contributed by atoms with Crippen molar-refractivity contribution in [2.45, 2.75) is 6.42 Å². The van der Waals surface area contributed by atoms with Gasteiger partial charge in [-0.2, -0.15) is 0 Å². The molecule has 0 aliphatic carbocycles. The zero-order valence-corrected chi connectivity index (χ0v) is 13.8. The quantitative estimate of drug-likeness (QED) is 0.566. The van der Waals surface area contributed by atoms with E-state index in [0.29, 0.717) is 11.1 Å². The van der Waals surface area contributed by atoms with Crippen LogP contribution in [0.1, 0.15) is 22.3 Å². The van der Waals surface area contributed by atoms with Crippen molar-refractivity contribution in [3.63, 3.8) is 0 Å². The Hall–Kier alpha value is -3.61. The van der Waals surface area contributed by atoms with Crippen LogP contribution in [0, 0.1) is 0 Å². The predicted molar refractivity (Wildman–Crippen MR) is 95.3 cm³/mol. The molecule has 0 heterocycles. The summed E-state index contributed by atoms with van der Waals surface area (Å²) in [4.78, 5) is 35.2. The molecule has 26 heavy (non-hydrogen) atoms. The molecule has 0 aliphatic rings. The number of phenolic OH excluding ortho intramolecular Hbond substituents is 1. The van der Waals surface area contributed by atoms with Crippen LogP contribution in [0.15, 0.2) is 60.3 Å². The van der Waals surface area contributed by atoms with Gasteiger partial charge in [0.05, 0.1) is 6.42 Å². The van der Waals surface area contributed by atoms with E-state index >= 15 is 0 Å². The first-order valence-electron chi connectivity index (χ1n) is 7.83. The number of nitrogens with one attached hydrogen (secondary N) is 2. The van der Waals surface area contributed by atoms with Gasteiger partial charge in [-0.05, 0) is 35.9 Å². The Labute approximate surface area is 150 Å². The Morgan fingerprint density at radius 2 is 1.62 bits per heavy atom. The molecular formula is C19H18N2O5. The lowest BCUT2D eigenvalue weighted by molar-refractivity contribution is -0.136. The maximum Gasteiger partial charge on any atom is 0.305 e. The molecule has 134 valence electrons. The van der Waals surface area contributed by atoms with Crippen LogP contribution in [-0.2, 0) is 9.59 Å². The molecule has 4 N–H and O–H groups in total. The number of rotatable bonds is 7. The third kappa shape index (κ3) is 5.79. The minimum atomic E-state index is -1.04. The van der Waals surface area contributed by atoms with E-state index in [0.717, 1.165) is 0 Å². The van der Waals surface area contributed by atoms with Gasteiger partial charge in [-0.25, -0.2) is 0 Å². The predicted octanol–water partition coefficient (Wildman–Crippen LogP) is 1.75. The highest BCUT2D eigenvalue weighted by molar-refractivity contribution is 6.05. The highest BCUT2D eigenvalue weighted by atomic mass is 16.4. The van der Waals surface area contributed by atoms with E-state index in [1.165, 1.54) is 18.2 Å². The Kier molecular flexibility index (Phi) is 6.50. The van der Waals surface area contributed by atoms with Gasteiger partial charge in [0.15, 0.2) is 0 Å². The molecule has 2 aromatic rings. The topological polar surface area (TPSA) is 116 Å². The largest absolute Gasteiger partial charge is 0.508 e. The number of aliphatic carboxylic acids is 1. The van der Waals surface area contributed by atoms with Crippen LogP contribution < -0.4 is 10.6 Å². The summed E-state index contributed by atoms with van der Waals surface area (Å²) in [5, 5.41) is 23.0. The smallest absolute Gasteiger partial charge is 0.305 e. The number of amides is 2. The second kappa shape index (κ2) is 9.03. The van der Waals surface area contributed by atoms with Crippen molar-refractivity contribution in [2.24, 2.45) is 0 Å². The maximum atomic E-state index is 12.3. The number of carboxylic acid groups (broad SMARTS) is 1. The lowest BCUT2D eigenvalue weighted by Crippen LogP contribution is -2.35. The van der Waals surface area contributed by atoms with Crippen molar-refractivity contribution in [1.82, 2.24) is 10.6 Å². The summed E-state index contributed by atoms with van der Waals surface area (Å²) >= 11 is 0. The Bertz CT molecular complexity index is 814. The molecule has 0 saturated carbocycles. The van der Waals surface area contributed by atoms with Gasteiger partial charge in [-0.3, -0.25) is 14.4 Å². The van der Waals surface area contributed by atoms with E-state index in [4.69, 9.17) is 5.11 Å². The van der Waals surface area contributed by atoms with Gasteiger partial charge in [0, 0.05) is 12.1 Å². The summed E-state index contributed by atoms with van der Waals surface area (Å²) in [5.41, 5.74) is 0.928. The van der Waals surface area contributed by atoms with E-state index in [2.05, 4.69) is 10.6 Å². The number of aromatic hydroxyl groups is 1. The molecule has 0 aliphatic heterocycles. The highest BCUT2D eigenvalue weighted by Crippen LogP contribution is 2.12. The van der Waals surface area contributed by atoms with Gasteiger partial charge in [0.2, 0.25) is 0 Å². The monoisotopic (exact) mass is 354 g/mol. The van der Waals surface area contributed by atoms with E-state index in [1.54, 1.807) is 42.5 Å². The highest BCUT2D eigenvalue weighted by Gasteiger charge is 2.14. The van der Waals surface area contributed by atoms with Crippen molar-refractivity contribution in [3.05, 3.63) is 71.4 Å². The minimum Gasteiger partial charge on any atom is -0.508 e. The van der Waals surface area contributed by atoms with Crippen LogP contribution in [-0.4, -0.2) is 34.5 Å². The molecule has 7 heteroatoms. The number of carbonyl (C=O) groups excluding carboxylic acids is 2. The minimum absolute atomic E-state index is 0.0325. The average Bonchev–Trinajstić information content (AvgIpc) is 2.63. The third-order valence-electron chi connectivity index (χ3n) is 3.36. The summed E-state index contributed by atoms with van der Waals surface area (Å²) in [6.45, 7) is -0.0672. The normalized spacial score (nSPS) is 10.8. The van der Waals surface area contributed by atoms with Gasteiger partial charge in [-0.15, -0.1) is 0 Å². The van der Waals surface area contributed by atoms with Crippen LogP contribution in [0.3, 0.4) is 0 Å². The Morgan fingerprint density at radius 3 is 2.23 bits per heavy atom. The second-order valence-electron chi connectivity index (χ2n) is 5.37. The van der Waals surface area contributed by atoms with Crippen LogP contribution in [0.5, 0.6) is 5.75 Å². The molecule has 7 nitrogen and oxygen atoms in total. The van der Waals surface area contributed by atoms with Gasteiger partial charge >= 0.3 is 5.97 Å². The fraction of sp³-hybridized carbons (Fsp3) is 0.105. The van der Waals surface area contributed by atoms with Gasteiger partial charge in [-0.1, -0.05) is 30.3 Å². The van der Waals surface area contributed by atoms with Crippen molar-refractivity contribution in [3.8, 4) is 5.75 Å². The molecule has 2 rings (SSSR count). The Morgan fingerprint density at radius 1 is 0.962 bits per heavy atom. The van der Waals surface area contributed by atoms with E-state index < -0.39 is 17.8 Å². The Balaban J connectivity index is 2.20. The number of carbonyl (C=O) groups is 3. The van der Waals surface area contributed by atoms with Crippen molar-refractivity contribution < 1.29 is 24.6 Å². The molecule has 0 spiro atoms. The van der Waals surface area contributed by atoms with Crippen LogP contribution in [0.25, 0.3) is 6.08 Å². The average molecular weight is 354 g/mol. The maximum absolute atomic E-state index is 12.3. The summed E-state index contributed by atoms with van der Waals surface area (Å²) in [6, 6.07) is 14.4. The molecular weight excluding hydrogens is 336 g/mol. The third-order valence-corrected chi connectivity index (χ3v) is 3.36. The molecule has 0 aromatic heterocycles. The molecule has 0 fully saturated rings. The summed E-state index contributed by atoms with van der Waals surface area (Å²) < 4.78 is 0. The van der Waals surface area contributed by atoms with Gasteiger partial charge in [0.25, 0.3) is 11.8 Å². The fourth-order valence-electron chi connectivity index (χ4n) is 2.06. The first-order chi connectivity index (χ1) is 12.5. The van der Waals surface area contributed by atoms with Gasteiger partial charge < -0.3 is 20.8 Å². The van der Waals surface area contributed by atoms with Crippen molar-refractivity contribution in [1.29, 1.82) is 0 Å².